The maximum absolute atomic E-state index is 13.5. The number of hydrogen-bond acceptors (Lipinski definition) is 6. The van der Waals surface area contributed by atoms with Crippen molar-refractivity contribution in [2.75, 3.05) is 18.5 Å². The van der Waals surface area contributed by atoms with Crippen molar-refractivity contribution in [2.24, 2.45) is 0 Å². The van der Waals surface area contributed by atoms with Crippen LogP contribution in [0, 0.1) is 10.1 Å². The van der Waals surface area contributed by atoms with Gasteiger partial charge in [0.05, 0.1) is 35.4 Å². The summed E-state index contributed by atoms with van der Waals surface area (Å²) in [6.45, 7) is 0. The third-order valence-corrected chi connectivity index (χ3v) is 5.92. The van der Waals surface area contributed by atoms with Crippen LogP contribution in [0.15, 0.2) is 77.7 Å². The van der Waals surface area contributed by atoms with Crippen LogP contribution in [0.2, 0.25) is 0 Å². The largest absolute Gasteiger partial charge is 0.497 e. The van der Waals surface area contributed by atoms with E-state index in [1.807, 2.05) is 0 Å². The Morgan fingerprint density at radius 2 is 1.38 bits per heavy atom. The first-order valence-electron chi connectivity index (χ1n) is 8.44. The fourth-order valence-corrected chi connectivity index (χ4v) is 4.22. The summed E-state index contributed by atoms with van der Waals surface area (Å²) in [5.41, 5.74) is 0.491. The summed E-state index contributed by atoms with van der Waals surface area (Å²) in [5, 5.41) is 10.9. The van der Waals surface area contributed by atoms with Gasteiger partial charge < -0.3 is 9.47 Å². The van der Waals surface area contributed by atoms with E-state index in [1.54, 1.807) is 48.5 Å². The first kappa shape index (κ1) is 20.2. The second kappa shape index (κ2) is 8.19. The monoisotopic (exact) mass is 414 g/mol. The molecule has 0 heterocycles. The number of hydrogen-bond donors (Lipinski definition) is 0. The molecule has 0 spiro atoms. The van der Waals surface area contributed by atoms with Gasteiger partial charge in [0.1, 0.15) is 11.5 Å². The first-order valence-corrected chi connectivity index (χ1v) is 9.88. The number of anilines is 2. The van der Waals surface area contributed by atoms with Crippen molar-refractivity contribution in [1.82, 2.24) is 0 Å². The number of nitro groups is 1. The Balaban J connectivity index is 2.20. The molecule has 3 rings (SSSR count). The predicted octanol–water partition coefficient (Wildman–Crippen LogP) is 4.14. The quantitative estimate of drug-likeness (QED) is 0.426. The lowest BCUT2D eigenvalue weighted by atomic mass is 10.2. The van der Waals surface area contributed by atoms with Gasteiger partial charge in [-0.15, -0.1) is 0 Å². The zero-order chi connectivity index (χ0) is 21.0. The zero-order valence-electron chi connectivity index (χ0n) is 15.7. The van der Waals surface area contributed by atoms with E-state index in [2.05, 4.69) is 0 Å². The van der Waals surface area contributed by atoms with Crippen molar-refractivity contribution >= 4 is 27.1 Å². The summed E-state index contributed by atoms with van der Waals surface area (Å²) in [5.74, 6) is 0.832. The highest BCUT2D eigenvalue weighted by atomic mass is 32.2. The molecule has 0 aromatic heterocycles. The molecule has 3 aromatic carbocycles. The van der Waals surface area contributed by atoms with E-state index < -0.39 is 14.9 Å². The number of non-ortho nitro benzene ring substituents is 1. The standard InChI is InChI=1S/C20H18N2O6S/c1-27-18-12-17(13-19(14-18)28-2)21(15-6-4-3-5-7-15)29(25,26)20-10-8-16(9-11-20)22(23)24/h3-14H,1-2H3. The van der Waals surface area contributed by atoms with E-state index in [1.165, 1.54) is 26.4 Å². The van der Waals surface area contributed by atoms with Gasteiger partial charge in [-0.05, 0) is 24.3 Å². The number of ether oxygens (including phenoxy) is 2. The van der Waals surface area contributed by atoms with E-state index in [0.29, 0.717) is 22.9 Å². The van der Waals surface area contributed by atoms with Gasteiger partial charge in [0, 0.05) is 30.3 Å². The van der Waals surface area contributed by atoms with Crippen molar-refractivity contribution in [2.45, 2.75) is 4.90 Å². The molecule has 0 N–H and O–H groups in total. The summed E-state index contributed by atoms with van der Waals surface area (Å²) in [7, 11) is -1.16. The molecule has 0 aliphatic carbocycles. The Morgan fingerprint density at radius 3 is 1.86 bits per heavy atom. The van der Waals surface area contributed by atoms with Crippen molar-refractivity contribution in [1.29, 1.82) is 0 Å². The molecular formula is C20H18N2O6S. The maximum atomic E-state index is 13.5. The molecule has 0 aliphatic heterocycles. The number of nitrogens with zero attached hydrogens (tertiary/aromatic N) is 2. The topological polar surface area (TPSA) is 99.0 Å². The molecule has 150 valence electrons. The molecule has 0 amide bonds. The molecule has 0 fully saturated rings. The number of nitro benzene ring substituents is 1. The molecule has 0 saturated carbocycles. The molecule has 0 bridgehead atoms. The van der Waals surface area contributed by atoms with Crippen LogP contribution >= 0.6 is 0 Å². The number of methoxy groups -OCH3 is 2. The molecule has 3 aromatic rings. The molecule has 9 heteroatoms. The minimum atomic E-state index is -4.10. The van der Waals surface area contributed by atoms with Crippen LogP contribution < -0.4 is 13.8 Å². The smallest absolute Gasteiger partial charge is 0.269 e. The van der Waals surface area contributed by atoms with Gasteiger partial charge >= 0.3 is 0 Å². The lowest BCUT2D eigenvalue weighted by Gasteiger charge is -2.25. The number of benzene rings is 3. The molecule has 8 nitrogen and oxygen atoms in total. The van der Waals surface area contributed by atoms with Gasteiger partial charge in [-0.25, -0.2) is 12.7 Å². The Morgan fingerprint density at radius 1 is 0.828 bits per heavy atom. The lowest BCUT2D eigenvalue weighted by molar-refractivity contribution is -0.384. The van der Waals surface area contributed by atoms with Gasteiger partial charge in [-0.2, -0.15) is 0 Å². The third-order valence-electron chi connectivity index (χ3n) is 4.15. The second-order valence-electron chi connectivity index (χ2n) is 5.93. The minimum Gasteiger partial charge on any atom is -0.497 e. The molecule has 0 saturated heterocycles. The van der Waals surface area contributed by atoms with Crippen LogP contribution in [0.4, 0.5) is 17.1 Å². The average Bonchev–Trinajstić information content (AvgIpc) is 2.74. The van der Waals surface area contributed by atoms with E-state index in [0.717, 1.165) is 16.4 Å². The SMILES string of the molecule is COc1cc(OC)cc(N(c2ccccc2)S(=O)(=O)c2ccc([N+](=O)[O-])cc2)c1. The van der Waals surface area contributed by atoms with E-state index >= 15 is 0 Å². The summed E-state index contributed by atoms with van der Waals surface area (Å²) in [4.78, 5) is 10.2. The normalized spacial score (nSPS) is 11.0. The Bertz CT molecular complexity index is 1090. The first-order chi connectivity index (χ1) is 13.9. The molecular weight excluding hydrogens is 396 g/mol. The van der Waals surface area contributed by atoms with Gasteiger partial charge in [-0.3, -0.25) is 10.1 Å². The van der Waals surface area contributed by atoms with E-state index in [4.69, 9.17) is 9.47 Å². The van der Waals surface area contributed by atoms with Crippen LogP contribution in [-0.4, -0.2) is 27.6 Å². The van der Waals surface area contributed by atoms with Gasteiger partial charge in [0.2, 0.25) is 0 Å². The van der Waals surface area contributed by atoms with Crippen LogP contribution in [0.25, 0.3) is 0 Å². The van der Waals surface area contributed by atoms with E-state index in [9.17, 15) is 18.5 Å². The van der Waals surface area contributed by atoms with Crippen molar-refractivity contribution < 1.29 is 22.8 Å². The highest BCUT2D eigenvalue weighted by Gasteiger charge is 2.28. The average molecular weight is 414 g/mol. The highest BCUT2D eigenvalue weighted by molar-refractivity contribution is 7.93. The molecule has 29 heavy (non-hydrogen) atoms. The fraction of sp³-hybridized carbons (Fsp3) is 0.100. The molecule has 0 atom stereocenters. The number of para-hydroxylation sites is 1. The maximum Gasteiger partial charge on any atom is 0.269 e. The lowest BCUT2D eigenvalue weighted by Crippen LogP contribution is -2.26. The van der Waals surface area contributed by atoms with Gasteiger partial charge in [0.25, 0.3) is 15.7 Å². The second-order valence-corrected chi connectivity index (χ2v) is 7.71. The molecule has 0 aliphatic rings. The van der Waals surface area contributed by atoms with Crippen LogP contribution in [0.3, 0.4) is 0 Å². The number of sulfonamides is 1. The molecule has 0 unspecified atom stereocenters. The van der Waals surface area contributed by atoms with Crippen LogP contribution in [-0.2, 0) is 10.0 Å². The zero-order valence-corrected chi connectivity index (χ0v) is 16.5. The minimum absolute atomic E-state index is 0.0891. The summed E-state index contributed by atoms with van der Waals surface area (Å²) in [6.07, 6.45) is 0. The van der Waals surface area contributed by atoms with Crippen molar-refractivity contribution in [3.05, 3.63) is 82.9 Å². The Labute approximate surface area is 168 Å². The Kier molecular flexibility index (Phi) is 5.69. The van der Waals surface area contributed by atoms with E-state index in [-0.39, 0.29) is 10.6 Å². The predicted molar refractivity (Wildman–Crippen MR) is 108 cm³/mol. The third kappa shape index (κ3) is 4.14. The van der Waals surface area contributed by atoms with Crippen LogP contribution in [0.1, 0.15) is 0 Å². The fourth-order valence-electron chi connectivity index (χ4n) is 2.74. The van der Waals surface area contributed by atoms with Gasteiger partial charge in [0.15, 0.2) is 0 Å². The summed E-state index contributed by atoms with van der Waals surface area (Å²) < 4.78 is 38.6. The summed E-state index contributed by atoms with van der Waals surface area (Å²) in [6, 6.07) is 18.0. The van der Waals surface area contributed by atoms with Crippen molar-refractivity contribution in [3.63, 3.8) is 0 Å². The number of rotatable bonds is 7. The highest BCUT2D eigenvalue weighted by Crippen LogP contribution is 2.37. The van der Waals surface area contributed by atoms with Crippen LogP contribution in [0.5, 0.6) is 11.5 Å². The summed E-state index contributed by atoms with van der Waals surface area (Å²) >= 11 is 0. The molecule has 0 radical (unpaired) electrons. The van der Waals surface area contributed by atoms with Gasteiger partial charge in [-0.1, -0.05) is 18.2 Å². The van der Waals surface area contributed by atoms with Crippen molar-refractivity contribution in [3.8, 4) is 11.5 Å². The Hall–Kier alpha value is -3.59.